The average Bonchev–Trinajstić information content (AvgIpc) is 2.71. The molecule has 4 heteroatoms. The van der Waals surface area contributed by atoms with Crippen LogP contribution >= 0.6 is 0 Å². The highest BCUT2D eigenvalue weighted by molar-refractivity contribution is 6.06. The van der Waals surface area contributed by atoms with E-state index in [1.165, 1.54) is 0 Å². The Kier molecular flexibility index (Phi) is 3.13. The Morgan fingerprint density at radius 2 is 2.11 bits per heavy atom. The molecule has 0 aliphatic carbocycles. The third kappa shape index (κ3) is 2.24. The van der Waals surface area contributed by atoms with Crippen molar-refractivity contribution in [2.24, 2.45) is 7.05 Å². The zero-order valence-electron chi connectivity index (χ0n) is 10.9. The lowest BCUT2D eigenvalue weighted by Crippen LogP contribution is -2.46. The van der Waals surface area contributed by atoms with Crippen molar-refractivity contribution in [1.82, 2.24) is 9.88 Å². The molecule has 0 fully saturated rings. The molecule has 96 valence electrons. The Morgan fingerprint density at radius 1 is 1.39 bits per heavy atom. The number of hydrogen-bond acceptors (Lipinski definition) is 2. The zero-order valence-corrected chi connectivity index (χ0v) is 10.9. The summed E-state index contributed by atoms with van der Waals surface area (Å²) in [7, 11) is 1.95. The van der Waals surface area contributed by atoms with Gasteiger partial charge in [-0.15, -0.1) is 0 Å². The lowest BCUT2D eigenvalue weighted by molar-refractivity contribution is 0.0871. The van der Waals surface area contributed by atoms with Gasteiger partial charge in [-0.2, -0.15) is 0 Å². The van der Waals surface area contributed by atoms with Crippen molar-refractivity contribution in [3.05, 3.63) is 36.0 Å². The number of carbonyl (C=O) groups excluding carboxylic acids is 1. The minimum atomic E-state index is -0.617. The standard InChI is InChI=1S/C14H18N2O2/c1-14(2,9-17)15-13(18)11-5-4-6-12-10(11)7-8-16(12)3/h4-8,17H,9H2,1-3H3,(H,15,18). The molecular formula is C14H18N2O2. The van der Waals surface area contributed by atoms with Crippen molar-refractivity contribution in [2.45, 2.75) is 19.4 Å². The Bertz CT molecular complexity index is 584. The van der Waals surface area contributed by atoms with Gasteiger partial charge in [0.2, 0.25) is 0 Å². The van der Waals surface area contributed by atoms with Crippen molar-refractivity contribution in [2.75, 3.05) is 6.61 Å². The molecule has 1 heterocycles. The molecule has 2 N–H and O–H groups in total. The van der Waals surface area contributed by atoms with Gasteiger partial charge < -0.3 is 15.0 Å². The van der Waals surface area contributed by atoms with E-state index in [9.17, 15) is 9.90 Å². The molecule has 4 nitrogen and oxygen atoms in total. The quantitative estimate of drug-likeness (QED) is 0.865. The fourth-order valence-electron chi connectivity index (χ4n) is 1.91. The van der Waals surface area contributed by atoms with Crippen LogP contribution in [0, 0.1) is 0 Å². The summed E-state index contributed by atoms with van der Waals surface area (Å²) < 4.78 is 1.98. The van der Waals surface area contributed by atoms with Crippen molar-refractivity contribution in [3.8, 4) is 0 Å². The minimum Gasteiger partial charge on any atom is -0.394 e. The maximum absolute atomic E-state index is 12.2. The number of nitrogens with one attached hydrogen (secondary N) is 1. The Balaban J connectivity index is 2.39. The van der Waals surface area contributed by atoms with Crippen LogP contribution in [-0.4, -0.2) is 27.7 Å². The number of aryl methyl sites for hydroxylation is 1. The van der Waals surface area contributed by atoms with E-state index in [4.69, 9.17) is 0 Å². The third-order valence-electron chi connectivity index (χ3n) is 3.02. The second-order valence-electron chi connectivity index (χ2n) is 5.16. The molecule has 0 saturated heterocycles. The first-order chi connectivity index (χ1) is 8.44. The number of nitrogens with zero attached hydrogens (tertiary/aromatic N) is 1. The molecule has 0 radical (unpaired) electrons. The van der Waals surface area contributed by atoms with E-state index in [1.807, 2.05) is 36.0 Å². The van der Waals surface area contributed by atoms with Crippen LogP contribution in [0.3, 0.4) is 0 Å². The monoisotopic (exact) mass is 246 g/mol. The van der Waals surface area contributed by atoms with Crippen LogP contribution in [0.4, 0.5) is 0 Å². The largest absolute Gasteiger partial charge is 0.394 e. The van der Waals surface area contributed by atoms with Crippen molar-refractivity contribution >= 4 is 16.8 Å². The lowest BCUT2D eigenvalue weighted by Gasteiger charge is -2.23. The van der Waals surface area contributed by atoms with Gasteiger partial charge in [0, 0.05) is 29.7 Å². The predicted octanol–water partition coefficient (Wildman–Crippen LogP) is 1.68. The van der Waals surface area contributed by atoms with Crippen LogP contribution in [0.2, 0.25) is 0 Å². The lowest BCUT2D eigenvalue weighted by atomic mass is 10.0. The van der Waals surface area contributed by atoms with Crippen molar-refractivity contribution in [3.63, 3.8) is 0 Å². The molecule has 18 heavy (non-hydrogen) atoms. The smallest absolute Gasteiger partial charge is 0.252 e. The Morgan fingerprint density at radius 3 is 2.78 bits per heavy atom. The van der Waals surface area contributed by atoms with Gasteiger partial charge in [0.25, 0.3) is 5.91 Å². The number of fused-ring (bicyclic) bond motifs is 1. The van der Waals surface area contributed by atoms with Gasteiger partial charge in [0.15, 0.2) is 0 Å². The maximum atomic E-state index is 12.2. The van der Waals surface area contributed by atoms with Gasteiger partial charge in [-0.1, -0.05) is 6.07 Å². The highest BCUT2D eigenvalue weighted by Gasteiger charge is 2.21. The van der Waals surface area contributed by atoms with Gasteiger partial charge in [0.1, 0.15) is 0 Å². The molecule has 0 bridgehead atoms. The Hall–Kier alpha value is -1.81. The molecule has 2 aromatic rings. The summed E-state index contributed by atoms with van der Waals surface area (Å²) in [6, 6.07) is 7.56. The maximum Gasteiger partial charge on any atom is 0.252 e. The summed E-state index contributed by atoms with van der Waals surface area (Å²) in [5.74, 6) is -0.161. The number of rotatable bonds is 3. The molecule has 1 aromatic heterocycles. The summed E-state index contributed by atoms with van der Waals surface area (Å²) in [4.78, 5) is 12.2. The summed E-state index contributed by atoms with van der Waals surface area (Å²) >= 11 is 0. The number of benzene rings is 1. The van der Waals surface area contributed by atoms with E-state index in [0.29, 0.717) is 5.56 Å². The van der Waals surface area contributed by atoms with Crippen LogP contribution in [0.25, 0.3) is 10.9 Å². The summed E-state index contributed by atoms with van der Waals surface area (Å²) in [5, 5.41) is 12.9. The van der Waals surface area contributed by atoms with Crippen LogP contribution in [0.5, 0.6) is 0 Å². The molecule has 2 rings (SSSR count). The second kappa shape index (κ2) is 4.46. The van der Waals surface area contributed by atoms with E-state index < -0.39 is 5.54 Å². The zero-order chi connectivity index (χ0) is 13.3. The van der Waals surface area contributed by atoms with Crippen LogP contribution in [0.1, 0.15) is 24.2 Å². The van der Waals surface area contributed by atoms with Crippen molar-refractivity contribution in [1.29, 1.82) is 0 Å². The van der Waals surface area contributed by atoms with Gasteiger partial charge in [0.05, 0.1) is 12.1 Å². The van der Waals surface area contributed by atoms with Gasteiger partial charge in [-0.3, -0.25) is 4.79 Å². The van der Waals surface area contributed by atoms with E-state index >= 15 is 0 Å². The molecule has 0 saturated carbocycles. The van der Waals surface area contributed by atoms with E-state index in [1.54, 1.807) is 19.9 Å². The number of hydrogen-bond donors (Lipinski definition) is 2. The summed E-state index contributed by atoms with van der Waals surface area (Å²) in [6.07, 6.45) is 1.93. The van der Waals surface area contributed by atoms with Crippen LogP contribution < -0.4 is 5.32 Å². The average molecular weight is 246 g/mol. The molecule has 1 amide bonds. The summed E-state index contributed by atoms with van der Waals surface area (Å²) in [5.41, 5.74) is 1.03. The molecular weight excluding hydrogens is 228 g/mol. The number of aliphatic hydroxyl groups is 1. The fourth-order valence-corrected chi connectivity index (χ4v) is 1.91. The summed E-state index contributed by atoms with van der Waals surface area (Å²) in [6.45, 7) is 3.48. The minimum absolute atomic E-state index is 0.0937. The molecule has 0 spiro atoms. The van der Waals surface area contributed by atoms with Gasteiger partial charge in [-0.05, 0) is 32.0 Å². The Labute approximate surface area is 106 Å². The third-order valence-corrected chi connectivity index (χ3v) is 3.02. The molecule has 1 aromatic carbocycles. The first-order valence-electron chi connectivity index (χ1n) is 5.92. The number of amides is 1. The first kappa shape index (κ1) is 12.6. The number of aromatic nitrogens is 1. The topological polar surface area (TPSA) is 54.3 Å². The molecule has 0 aliphatic heterocycles. The highest BCUT2D eigenvalue weighted by atomic mass is 16.3. The first-order valence-corrected chi connectivity index (χ1v) is 5.92. The molecule has 0 atom stereocenters. The van der Waals surface area contributed by atoms with Crippen LogP contribution in [0.15, 0.2) is 30.5 Å². The van der Waals surface area contributed by atoms with Crippen LogP contribution in [-0.2, 0) is 7.05 Å². The fraction of sp³-hybridized carbons (Fsp3) is 0.357. The number of aliphatic hydroxyl groups excluding tert-OH is 1. The van der Waals surface area contributed by atoms with Gasteiger partial charge >= 0.3 is 0 Å². The number of carbonyl (C=O) groups is 1. The van der Waals surface area contributed by atoms with E-state index in [2.05, 4.69) is 5.32 Å². The highest BCUT2D eigenvalue weighted by Crippen LogP contribution is 2.20. The van der Waals surface area contributed by atoms with E-state index in [0.717, 1.165) is 10.9 Å². The van der Waals surface area contributed by atoms with Gasteiger partial charge in [-0.25, -0.2) is 0 Å². The normalized spacial score (nSPS) is 11.8. The SMILES string of the molecule is Cn1ccc2c(C(=O)NC(C)(C)CO)cccc21. The second-order valence-corrected chi connectivity index (χ2v) is 5.16. The van der Waals surface area contributed by atoms with Crippen molar-refractivity contribution < 1.29 is 9.90 Å². The molecule has 0 aliphatic rings. The van der Waals surface area contributed by atoms with E-state index in [-0.39, 0.29) is 12.5 Å². The molecule has 0 unspecified atom stereocenters. The predicted molar refractivity (Wildman–Crippen MR) is 71.6 cm³/mol.